The Morgan fingerprint density at radius 2 is 2.05 bits per heavy atom. The van der Waals surface area contributed by atoms with E-state index in [9.17, 15) is 4.79 Å². The van der Waals surface area contributed by atoms with Gasteiger partial charge in [-0.3, -0.25) is 9.48 Å². The van der Waals surface area contributed by atoms with Crippen LogP contribution in [0.2, 0.25) is 0 Å². The second-order valence-electron chi connectivity index (χ2n) is 6.27. The highest BCUT2D eigenvalue weighted by molar-refractivity contribution is 5.92. The Hall–Kier alpha value is -2.14. The zero-order chi connectivity index (χ0) is 15.1. The third-order valence-electron chi connectivity index (χ3n) is 4.90. The van der Waals surface area contributed by atoms with E-state index < -0.39 is 0 Å². The van der Waals surface area contributed by atoms with Crippen molar-refractivity contribution in [2.75, 3.05) is 19.6 Å². The monoisotopic (exact) mass is 296 g/mol. The lowest BCUT2D eigenvalue weighted by Gasteiger charge is -2.27. The summed E-state index contributed by atoms with van der Waals surface area (Å²) in [6.45, 7) is 2.79. The summed E-state index contributed by atoms with van der Waals surface area (Å²) in [4.78, 5) is 14.9. The molecule has 2 aliphatic heterocycles. The highest BCUT2D eigenvalue weighted by Gasteiger charge is 2.47. The number of aryl methyl sites for hydroxylation is 1. The van der Waals surface area contributed by atoms with Gasteiger partial charge in [-0.25, -0.2) is 0 Å². The predicted molar refractivity (Wildman–Crippen MR) is 83.3 cm³/mol. The molecule has 5 heteroatoms. The maximum absolute atomic E-state index is 12.9. The predicted octanol–water partition coefficient (Wildman–Crippen LogP) is 1.45. The number of benzene rings is 1. The van der Waals surface area contributed by atoms with Crippen molar-refractivity contribution in [1.29, 1.82) is 0 Å². The number of nitrogens with one attached hydrogen (secondary N) is 1. The third kappa shape index (κ3) is 2.13. The lowest BCUT2D eigenvalue weighted by Crippen LogP contribution is -2.35. The zero-order valence-electron chi connectivity index (χ0n) is 12.6. The summed E-state index contributed by atoms with van der Waals surface area (Å²) in [6, 6.07) is 12.3. The van der Waals surface area contributed by atoms with E-state index in [1.165, 1.54) is 5.56 Å². The summed E-state index contributed by atoms with van der Waals surface area (Å²) >= 11 is 0. The molecule has 0 spiro atoms. The van der Waals surface area contributed by atoms with Crippen LogP contribution in [0.1, 0.15) is 22.1 Å². The van der Waals surface area contributed by atoms with Crippen LogP contribution in [-0.4, -0.2) is 40.2 Å². The number of carbonyl (C=O) groups excluding carboxylic acids is 1. The highest BCUT2D eigenvalue weighted by atomic mass is 16.2. The van der Waals surface area contributed by atoms with Gasteiger partial charge in [0.15, 0.2) is 0 Å². The van der Waals surface area contributed by atoms with Crippen LogP contribution >= 0.6 is 0 Å². The molecule has 22 heavy (non-hydrogen) atoms. The molecule has 3 atom stereocenters. The third-order valence-corrected chi connectivity index (χ3v) is 4.90. The van der Waals surface area contributed by atoms with Gasteiger partial charge in [0.2, 0.25) is 0 Å². The molecule has 2 aliphatic rings. The first kappa shape index (κ1) is 13.5. The number of likely N-dealkylation sites (tertiary alicyclic amines) is 1. The first-order chi connectivity index (χ1) is 10.7. The Labute approximate surface area is 129 Å². The summed E-state index contributed by atoms with van der Waals surface area (Å²) < 4.78 is 1.68. The fourth-order valence-corrected chi connectivity index (χ4v) is 3.88. The van der Waals surface area contributed by atoms with Crippen LogP contribution in [0.25, 0.3) is 0 Å². The van der Waals surface area contributed by atoms with Gasteiger partial charge in [0, 0.05) is 38.8 Å². The number of rotatable bonds is 2. The van der Waals surface area contributed by atoms with Gasteiger partial charge in [0.25, 0.3) is 5.91 Å². The van der Waals surface area contributed by atoms with Crippen LogP contribution in [0.3, 0.4) is 0 Å². The number of fused-ring (bicyclic) bond motifs is 1. The van der Waals surface area contributed by atoms with E-state index in [0.29, 0.717) is 17.5 Å². The Bertz CT molecular complexity index is 681. The smallest absolute Gasteiger partial charge is 0.274 e. The van der Waals surface area contributed by atoms with Crippen molar-refractivity contribution in [1.82, 2.24) is 20.0 Å². The van der Waals surface area contributed by atoms with Crippen molar-refractivity contribution in [2.24, 2.45) is 18.9 Å². The standard InChI is InChI=1S/C17H20N4O/c1-20-8-7-15(19-20)17(22)21-11-13-9-18-10-14(13)16(21)12-5-3-2-4-6-12/h2-8,13-14,16,18H,9-11H2,1H3/t13-,14-,16+/m0/s1. The van der Waals surface area contributed by atoms with Crippen LogP contribution in [0.5, 0.6) is 0 Å². The average Bonchev–Trinajstić information content (AvgIpc) is 3.22. The number of nitrogens with zero attached hydrogens (tertiary/aromatic N) is 3. The highest BCUT2D eigenvalue weighted by Crippen LogP contribution is 2.43. The minimum Gasteiger partial charge on any atom is -0.330 e. The fourth-order valence-electron chi connectivity index (χ4n) is 3.88. The molecule has 5 nitrogen and oxygen atoms in total. The summed E-state index contributed by atoms with van der Waals surface area (Å²) in [6.07, 6.45) is 1.82. The van der Waals surface area contributed by atoms with Crippen molar-refractivity contribution in [3.63, 3.8) is 0 Å². The molecule has 0 aliphatic carbocycles. The van der Waals surface area contributed by atoms with Crippen molar-refractivity contribution in [3.8, 4) is 0 Å². The van der Waals surface area contributed by atoms with Crippen molar-refractivity contribution in [3.05, 3.63) is 53.9 Å². The first-order valence-electron chi connectivity index (χ1n) is 7.80. The molecule has 1 amide bonds. The van der Waals surface area contributed by atoms with Gasteiger partial charge in [-0.15, -0.1) is 0 Å². The molecular weight excluding hydrogens is 276 g/mol. The molecule has 0 saturated carbocycles. The second-order valence-corrected chi connectivity index (χ2v) is 6.27. The van der Waals surface area contributed by atoms with Gasteiger partial charge in [0.05, 0.1) is 6.04 Å². The minimum absolute atomic E-state index is 0.0452. The van der Waals surface area contributed by atoms with Crippen LogP contribution in [0, 0.1) is 11.8 Å². The lowest BCUT2D eigenvalue weighted by atomic mass is 9.89. The van der Waals surface area contributed by atoms with E-state index in [1.807, 2.05) is 24.2 Å². The van der Waals surface area contributed by atoms with Crippen molar-refractivity contribution in [2.45, 2.75) is 6.04 Å². The van der Waals surface area contributed by atoms with Gasteiger partial charge in [-0.2, -0.15) is 5.10 Å². The molecule has 2 fully saturated rings. The maximum Gasteiger partial charge on any atom is 0.274 e. The van der Waals surface area contributed by atoms with Crippen LogP contribution in [0.4, 0.5) is 0 Å². The van der Waals surface area contributed by atoms with E-state index in [4.69, 9.17) is 0 Å². The second kappa shape index (κ2) is 5.25. The van der Waals surface area contributed by atoms with Gasteiger partial charge in [-0.05, 0) is 17.5 Å². The van der Waals surface area contributed by atoms with E-state index >= 15 is 0 Å². The molecule has 0 bridgehead atoms. The Balaban J connectivity index is 1.69. The van der Waals surface area contributed by atoms with Crippen LogP contribution < -0.4 is 5.32 Å². The Kier molecular flexibility index (Phi) is 3.22. The van der Waals surface area contributed by atoms with Gasteiger partial charge in [-0.1, -0.05) is 30.3 Å². The largest absolute Gasteiger partial charge is 0.330 e. The van der Waals surface area contributed by atoms with E-state index in [1.54, 1.807) is 10.7 Å². The quantitative estimate of drug-likeness (QED) is 0.912. The van der Waals surface area contributed by atoms with E-state index in [2.05, 4.69) is 34.7 Å². The molecule has 1 aromatic carbocycles. The van der Waals surface area contributed by atoms with Crippen molar-refractivity contribution < 1.29 is 4.79 Å². The molecule has 1 aromatic heterocycles. The fraction of sp³-hybridized carbons (Fsp3) is 0.412. The first-order valence-corrected chi connectivity index (χ1v) is 7.80. The zero-order valence-corrected chi connectivity index (χ0v) is 12.6. The van der Waals surface area contributed by atoms with Crippen LogP contribution in [-0.2, 0) is 7.05 Å². The summed E-state index contributed by atoms with van der Waals surface area (Å²) in [7, 11) is 1.84. The Morgan fingerprint density at radius 3 is 2.77 bits per heavy atom. The summed E-state index contributed by atoms with van der Waals surface area (Å²) in [5.74, 6) is 1.08. The lowest BCUT2D eigenvalue weighted by molar-refractivity contribution is 0.0707. The van der Waals surface area contributed by atoms with Gasteiger partial charge < -0.3 is 10.2 Å². The van der Waals surface area contributed by atoms with Gasteiger partial charge in [0.1, 0.15) is 5.69 Å². The normalized spacial score (nSPS) is 27.1. The molecule has 1 N–H and O–H groups in total. The molecule has 2 aromatic rings. The number of amides is 1. The minimum atomic E-state index is 0.0452. The molecule has 0 radical (unpaired) electrons. The number of aromatic nitrogens is 2. The molecule has 2 saturated heterocycles. The molecular formula is C17H20N4O. The molecule has 4 rings (SSSR count). The van der Waals surface area contributed by atoms with E-state index in [-0.39, 0.29) is 11.9 Å². The van der Waals surface area contributed by atoms with Crippen molar-refractivity contribution >= 4 is 5.91 Å². The average molecular weight is 296 g/mol. The number of hydrogen-bond donors (Lipinski definition) is 1. The van der Waals surface area contributed by atoms with Crippen LogP contribution in [0.15, 0.2) is 42.6 Å². The molecule has 114 valence electrons. The maximum atomic E-state index is 12.9. The molecule has 3 heterocycles. The molecule has 0 unspecified atom stereocenters. The SMILES string of the molecule is Cn1ccc(C(=O)N2C[C@@H]3CNC[C@@H]3[C@H]2c2ccccc2)n1. The summed E-state index contributed by atoms with van der Waals surface area (Å²) in [5, 5.41) is 7.76. The number of hydrogen-bond acceptors (Lipinski definition) is 3. The summed E-state index contributed by atoms with van der Waals surface area (Å²) in [5.41, 5.74) is 1.76. The van der Waals surface area contributed by atoms with Gasteiger partial charge >= 0.3 is 0 Å². The topological polar surface area (TPSA) is 50.2 Å². The number of carbonyl (C=O) groups is 1. The Morgan fingerprint density at radius 1 is 1.23 bits per heavy atom. The van der Waals surface area contributed by atoms with E-state index in [0.717, 1.165) is 19.6 Å².